The molecule has 0 spiro atoms. The normalized spacial score (nSPS) is 25.4. The highest BCUT2D eigenvalue weighted by molar-refractivity contribution is 5.34. The summed E-state index contributed by atoms with van der Waals surface area (Å²) in [6.07, 6.45) is 0.757. The van der Waals surface area contributed by atoms with Crippen molar-refractivity contribution < 1.29 is 14.8 Å². The summed E-state index contributed by atoms with van der Waals surface area (Å²) in [7, 11) is 0. The number of rotatable bonds is 4. The Balaban J connectivity index is 2.22. The van der Waals surface area contributed by atoms with Crippen LogP contribution in [0.2, 0.25) is 0 Å². The van der Waals surface area contributed by atoms with Crippen LogP contribution in [0.5, 0.6) is 0 Å². The van der Waals surface area contributed by atoms with E-state index >= 15 is 0 Å². The van der Waals surface area contributed by atoms with Crippen molar-refractivity contribution in [3.05, 3.63) is 39.9 Å². The van der Waals surface area contributed by atoms with E-state index in [1.165, 1.54) is 12.1 Å². The molecule has 0 amide bonds. The first-order chi connectivity index (χ1) is 9.04. The Kier molecular flexibility index (Phi) is 3.87. The van der Waals surface area contributed by atoms with Gasteiger partial charge in [0.15, 0.2) is 0 Å². The van der Waals surface area contributed by atoms with Crippen LogP contribution in [0.3, 0.4) is 0 Å². The maximum atomic E-state index is 10.6. The molecule has 1 aromatic rings. The topological polar surface area (TPSA) is 72.6 Å². The second-order valence-corrected chi connectivity index (χ2v) is 5.09. The molecule has 1 fully saturated rings. The average Bonchev–Trinajstić information content (AvgIpc) is 2.76. The van der Waals surface area contributed by atoms with Crippen molar-refractivity contribution >= 4 is 5.69 Å². The van der Waals surface area contributed by atoms with Gasteiger partial charge in [0, 0.05) is 17.5 Å². The Labute approximate surface area is 112 Å². The fourth-order valence-corrected chi connectivity index (χ4v) is 2.69. The molecule has 2 rings (SSSR count). The summed E-state index contributed by atoms with van der Waals surface area (Å²) in [5.74, 6) is 0. The van der Waals surface area contributed by atoms with Crippen LogP contribution in [0.1, 0.15) is 38.4 Å². The fourth-order valence-electron chi connectivity index (χ4n) is 2.69. The Morgan fingerprint density at radius 2 is 1.95 bits per heavy atom. The summed E-state index contributed by atoms with van der Waals surface area (Å²) in [4.78, 5) is 10.2. The van der Waals surface area contributed by atoms with E-state index in [9.17, 15) is 15.2 Å². The lowest BCUT2D eigenvalue weighted by atomic mass is 9.77. The molecule has 1 N–H and O–H groups in total. The van der Waals surface area contributed by atoms with Crippen molar-refractivity contribution in [3.63, 3.8) is 0 Å². The van der Waals surface area contributed by atoms with Gasteiger partial charge in [0.1, 0.15) is 6.10 Å². The van der Waals surface area contributed by atoms with E-state index in [2.05, 4.69) is 0 Å². The molecule has 5 nitrogen and oxygen atoms in total. The van der Waals surface area contributed by atoms with E-state index in [1.54, 1.807) is 12.1 Å². The van der Waals surface area contributed by atoms with E-state index in [4.69, 9.17) is 4.74 Å². The van der Waals surface area contributed by atoms with Crippen LogP contribution >= 0.6 is 0 Å². The molecule has 0 bridgehead atoms. The molecule has 0 saturated carbocycles. The van der Waals surface area contributed by atoms with Crippen molar-refractivity contribution in [1.82, 2.24) is 0 Å². The summed E-state index contributed by atoms with van der Waals surface area (Å²) in [6.45, 7) is 4.63. The molecule has 0 aliphatic carbocycles. The van der Waals surface area contributed by atoms with E-state index in [1.807, 2.05) is 13.8 Å². The molecule has 0 aromatic heterocycles. The average molecular weight is 265 g/mol. The standard InChI is InChI=1S/C14H19NO4/c1-3-14(4-2)9-19-12(13(14)16)10-5-7-11(8-6-10)15(17)18/h5-8,12-13,16H,3-4,9H2,1-2H3/t12-,13-/m0/s1. The van der Waals surface area contributed by atoms with Crippen molar-refractivity contribution in [1.29, 1.82) is 0 Å². The SMILES string of the molecule is CCC1(CC)CO[C@@H](c2ccc([N+](=O)[O-])cc2)[C@@H]1O. The van der Waals surface area contributed by atoms with Gasteiger partial charge in [-0.25, -0.2) is 0 Å². The van der Waals surface area contributed by atoms with Crippen molar-refractivity contribution in [3.8, 4) is 0 Å². The van der Waals surface area contributed by atoms with Gasteiger partial charge in [0.05, 0.1) is 17.6 Å². The third-order valence-corrected chi connectivity index (χ3v) is 4.31. The molecule has 1 aliphatic rings. The third-order valence-electron chi connectivity index (χ3n) is 4.31. The summed E-state index contributed by atoms with van der Waals surface area (Å²) >= 11 is 0. The molecule has 1 aromatic carbocycles. The lowest BCUT2D eigenvalue weighted by Gasteiger charge is -2.29. The lowest BCUT2D eigenvalue weighted by molar-refractivity contribution is -0.384. The lowest BCUT2D eigenvalue weighted by Crippen LogP contribution is -2.33. The van der Waals surface area contributed by atoms with Gasteiger partial charge in [-0.15, -0.1) is 0 Å². The van der Waals surface area contributed by atoms with Crippen molar-refractivity contribution in [2.24, 2.45) is 5.41 Å². The number of nitro groups is 1. The molecule has 1 saturated heterocycles. The van der Waals surface area contributed by atoms with E-state index < -0.39 is 11.0 Å². The van der Waals surface area contributed by atoms with Crippen molar-refractivity contribution in [2.45, 2.75) is 38.9 Å². The Bertz CT molecular complexity index is 453. The van der Waals surface area contributed by atoms with Gasteiger partial charge in [-0.3, -0.25) is 10.1 Å². The number of hydrogen-bond donors (Lipinski definition) is 1. The molecule has 19 heavy (non-hydrogen) atoms. The number of ether oxygens (including phenoxy) is 1. The van der Waals surface area contributed by atoms with Crippen LogP contribution in [0.25, 0.3) is 0 Å². The highest BCUT2D eigenvalue weighted by atomic mass is 16.6. The fraction of sp³-hybridized carbons (Fsp3) is 0.571. The van der Waals surface area contributed by atoms with E-state index in [0.717, 1.165) is 18.4 Å². The number of aliphatic hydroxyl groups excluding tert-OH is 1. The van der Waals surface area contributed by atoms with Crippen LogP contribution in [0.15, 0.2) is 24.3 Å². The smallest absolute Gasteiger partial charge is 0.269 e. The second kappa shape index (κ2) is 5.27. The molecular formula is C14H19NO4. The highest BCUT2D eigenvalue weighted by Crippen LogP contribution is 2.45. The molecule has 2 atom stereocenters. The zero-order chi connectivity index (χ0) is 14.0. The molecule has 1 aliphatic heterocycles. The quantitative estimate of drug-likeness (QED) is 0.671. The van der Waals surface area contributed by atoms with Gasteiger partial charge < -0.3 is 9.84 Å². The Morgan fingerprint density at radius 3 is 2.37 bits per heavy atom. The van der Waals surface area contributed by atoms with Crippen molar-refractivity contribution in [2.75, 3.05) is 6.61 Å². The third kappa shape index (κ3) is 2.35. The van der Waals surface area contributed by atoms with Gasteiger partial charge in [0.25, 0.3) is 5.69 Å². The first kappa shape index (κ1) is 14.0. The summed E-state index contributed by atoms with van der Waals surface area (Å²) in [5.41, 5.74) is 0.641. The highest BCUT2D eigenvalue weighted by Gasteiger charge is 2.46. The minimum atomic E-state index is -0.566. The van der Waals surface area contributed by atoms with Gasteiger partial charge in [0.2, 0.25) is 0 Å². The maximum absolute atomic E-state index is 10.6. The maximum Gasteiger partial charge on any atom is 0.269 e. The van der Waals surface area contributed by atoms with E-state index in [0.29, 0.717) is 6.61 Å². The minimum absolute atomic E-state index is 0.0495. The molecule has 104 valence electrons. The minimum Gasteiger partial charge on any atom is -0.389 e. The van der Waals surface area contributed by atoms with E-state index in [-0.39, 0.29) is 17.2 Å². The van der Waals surface area contributed by atoms with Crippen LogP contribution in [0.4, 0.5) is 5.69 Å². The first-order valence-electron chi connectivity index (χ1n) is 6.58. The molecule has 0 unspecified atom stereocenters. The predicted molar refractivity (Wildman–Crippen MR) is 70.8 cm³/mol. The largest absolute Gasteiger partial charge is 0.389 e. The van der Waals surface area contributed by atoms with Crippen LogP contribution in [-0.4, -0.2) is 22.7 Å². The number of nitrogens with zero attached hydrogens (tertiary/aromatic N) is 1. The van der Waals surface area contributed by atoms with Crippen LogP contribution in [0, 0.1) is 15.5 Å². The number of benzene rings is 1. The predicted octanol–water partition coefficient (Wildman–Crippen LogP) is 2.83. The van der Waals surface area contributed by atoms with Gasteiger partial charge >= 0.3 is 0 Å². The molecule has 0 radical (unpaired) electrons. The zero-order valence-corrected chi connectivity index (χ0v) is 11.2. The number of hydrogen-bond acceptors (Lipinski definition) is 4. The summed E-state index contributed by atoms with van der Waals surface area (Å²) in [5, 5.41) is 21.1. The van der Waals surface area contributed by atoms with Gasteiger partial charge in [-0.2, -0.15) is 0 Å². The molecular weight excluding hydrogens is 246 g/mol. The van der Waals surface area contributed by atoms with Crippen LogP contribution < -0.4 is 0 Å². The first-order valence-corrected chi connectivity index (χ1v) is 6.58. The Hall–Kier alpha value is -1.46. The summed E-state index contributed by atoms with van der Waals surface area (Å²) < 4.78 is 5.73. The second-order valence-electron chi connectivity index (χ2n) is 5.09. The summed E-state index contributed by atoms with van der Waals surface area (Å²) in [6, 6.07) is 6.22. The van der Waals surface area contributed by atoms with Gasteiger partial charge in [-0.05, 0) is 30.5 Å². The number of non-ortho nitro benzene ring substituents is 1. The molecule has 5 heteroatoms. The zero-order valence-electron chi connectivity index (χ0n) is 11.2. The molecule has 1 heterocycles. The number of aliphatic hydroxyl groups is 1. The van der Waals surface area contributed by atoms with Gasteiger partial charge in [-0.1, -0.05) is 13.8 Å². The monoisotopic (exact) mass is 265 g/mol. The number of nitro benzene ring substituents is 1. The Morgan fingerprint density at radius 1 is 1.37 bits per heavy atom. The van der Waals surface area contributed by atoms with Crippen LogP contribution in [-0.2, 0) is 4.74 Å².